The molecule has 0 spiro atoms. The maximum Gasteiger partial charge on any atom is 0.0547 e. The van der Waals surface area contributed by atoms with Crippen LogP contribution in [-0.4, -0.2) is 56.1 Å². The molecule has 102 valence electrons. The van der Waals surface area contributed by atoms with E-state index < -0.39 is 0 Å². The van der Waals surface area contributed by atoms with Crippen LogP contribution in [-0.2, 0) is 13.1 Å². The zero-order valence-electron chi connectivity index (χ0n) is 12.1. The van der Waals surface area contributed by atoms with Gasteiger partial charge in [0.15, 0.2) is 0 Å². The lowest BCUT2D eigenvalue weighted by molar-refractivity contribution is 0.292. The van der Waals surface area contributed by atoms with Gasteiger partial charge in [-0.25, -0.2) is 0 Å². The molecule has 1 N–H and O–H groups in total. The molecule has 0 amide bonds. The van der Waals surface area contributed by atoms with Crippen LogP contribution in [0.25, 0.3) is 0 Å². The molecule has 0 saturated heterocycles. The SMILES string of the molecule is CNCc1cccc(CN(C)CCCN(C)C)n1. The number of nitrogens with zero attached hydrogens (tertiary/aromatic N) is 3. The third kappa shape index (κ3) is 6.10. The van der Waals surface area contributed by atoms with Gasteiger partial charge in [0.2, 0.25) is 0 Å². The molecule has 1 aromatic rings. The fraction of sp³-hybridized carbons (Fsp3) is 0.643. The number of pyridine rings is 1. The van der Waals surface area contributed by atoms with Crippen molar-refractivity contribution in [1.29, 1.82) is 0 Å². The van der Waals surface area contributed by atoms with Gasteiger partial charge in [0.1, 0.15) is 0 Å². The van der Waals surface area contributed by atoms with Gasteiger partial charge in [0.05, 0.1) is 11.4 Å². The van der Waals surface area contributed by atoms with Gasteiger partial charge in [0, 0.05) is 13.1 Å². The molecular weight excluding hydrogens is 224 g/mol. The molecule has 0 aromatic carbocycles. The van der Waals surface area contributed by atoms with E-state index in [1.54, 1.807) is 0 Å². The molecule has 1 rings (SSSR count). The molecule has 4 nitrogen and oxygen atoms in total. The Morgan fingerprint density at radius 2 is 1.83 bits per heavy atom. The third-order valence-electron chi connectivity index (χ3n) is 2.80. The Bertz CT molecular complexity index is 338. The minimum absolute atomic E-state index is 0.832. The summed E-state index contributed by atoms with van der Waals surface area (Å²) in [7, 11) is 8.33. The second kappa shape index (κ2) is 8.19. The number of nitrogens with one attached hydrogen (secondary N) is 1. The maximum atomic E-state index is 4.63. The average Bonchev–Trinajstić information content (AvgIpc) is 2.29. The Labute approximate surface area is 111 Å². The summed E-state index contributed by atoms with van der Waals surface area (Å²) in [6.45, 7) is 4.00. The predicted molar refractivity (Wildman–Crippen MR) is 76.5 cm³/mol. The van der Waals surface area contributed by atoms with Gasteiger partial charge in [-0.2, -0.15) is 0 Å². The zero-order valence-corrected chi connectivity index (χ0v) is 12.1. The summed E-state index contributed by atoms with van der Waals surface area (Å²) >= 11 is 0. The number of hydrogen-bond acceptors (Lipinski definition) is 4. The van der Waals surface area contributed by atoms with Gasteiger partial charge in [-0.05, 0) is 59.8 Å². The lowest BCUT2D eigenvalue weighted by Crippen LogP contribution is -2.24. The molecule has 0 aliphatic rings. The van der Waals surface area contributed by atoms with Gasteiger partial charge in [-0.3, -0.25) is 4.98 Å². The molecule has 0 radical (unpaired) electrons. The molecule has 0 aliphatic heterocycles. The summed E-state index contributed by atoms with van der Waals surface area (Å²) in [6.07, 6.45) is 1.19. The summed E-state index contributed by atoms with van der Waals surface area (Å²) in [6, 6.07) is 6.25. The second-order valence-electron chi connectivity index (χ2n) is 5.05. The van der Waals surface area contributed by atoms with E-state index >= 15 is 0 Å². The van der Waals surface area contributed by atoms with E-state index in [2.05, 4.69) is 59.4 Å². The lowest BCUT2D eigenvalue weighted by Gasteiger charge is -2.18. The van der Waals surface area contributed by atoms with E-state index in [0.29, 0.717) is 0 Å². The molecule has 0 unspecified atom stereocenters. The number of hydrogen-bond donors (Lipinski definition) is 1. The molecule has 1 aromatic heterocycles. The minimum Gasteiger partial charge on any atom is -0.314 e. The van der Waals surface area contributed by atoms with Gasteiger partial charge in [-0.1, -0.05) is 6.07 Å². The second-order valence-corrected chi connectivity index (χ2v) is 5.05. The largest absolute Gasteiger partial charge is 0.314 e. The number of rotatable bonds is 8. The summed E-state index contributed by atoms with van der Waals surface area (Å²) in [5.74, 6) is 0. The molecule has 0 saturated carbocycles. The van der Waals surface area contributed by atoms with Crippen molar-refractivity contribution in [3.8, 4) is 0 Å². The van der Waals surface area contributed by atoms with Crippen molar-refractivity contribution >= 4 is 0 Å². The Hall–Kier alpha value is -0.970. The Morgan fingerprint density at radius 1 is 1.11 bits per heavy atom. The fourth-order valence-corrected chi connectivity index (χ4v) is 1.91. The van der Waals surface area contributed by atoms with Crippen molar-refractivity contribution in [2.24, 2.45) is 0 Å². The molecular formula is C14H26N4. The maximum absolute atomic E-state index is 4.63. The van der Waals surface area contributed by atoms with E-state index in [9.17, 15) is 0 Å². The van der Waals surface area contributed by atoms with Crippen LogP contribution in [0.1, 0.15) is 17.8 Å². The van der Waals surface area contributed by atoms with Crippen LogP contribution in [0.5, 0.6) is 0 Å². The van der Waals surface area contributed by atoms with E-state index in [1.165, 1.54) is 6.42 Å². The first-order chi connectivity index (χ1) is 8.61. The highest BCUT2D eigenvalue weighted by atomic mass is 15.1. The molecule has 0 aliphatic carbocycles. The fourth-order valence-electron chi connectivity index (χ4n) is 1.91. The van der Waals surface area contributed by atoms with Crippen LogP contribution in [0.2, 0.25) is 0 Å². The smallest absolute Gasteiger partial charge is 0.0547 e. The number of aromatic nitrogens is 1. The van der Waals surface area contributed by atoms with Crippen molar-refractivity contribution in [2.45, 2.75) is 19.5 Å². The zero-order chi connectivity index (χ0) is 13.4. The van der Waals surface area contributed by atoms with Crippen molar-refractivity contribution in [3.63, 3.8) is 0 Å². The highest BCUT2D eigenvalue weighted by Gasteiger charge is 2.03. The Kier molecular flexibility index (Phi) is 6.86. The van der Waals surface area contributed by atoms with Crippen LogP contribution in [0.3, 0.4) is 0 Å². The van der Waals surface area contributed by atoms with Crippen LogP contribution in [0.15, 0.2) is 18.2 Å². The molecule has 0 atom stereocenters. The Balaban J connectivity index is 2.38. The Morgan fingerprint density at radius 3 is 2.50 bits per heavy atom. The van der Waals surface area contributed by atoms with E-state index in [-0.39, 0.29) is 0 Å². The van der Waals surface area contributed by atoms with Crippen molar-refractivity contribution < 1.29 is 0 Å². The monoisotopic (exact) mass is 250 g/mol. The summed E-state index contributed by atoms with van der Waals surface area (Å²) in [4.78, 5) is 9.18. The lowest BCUT2D eigenvalue weighted by atomic mass is 10.2. The topological polar surface area (TPSA) is 31.4 Å². The van der Waals surface area contributed by atoms with Gasteiger partial charge in [0.25, 0.3) is 0 Å². The van der Waals surface area contributed by atoms with Gasteiger partial charge < -0.3 is 15.1 Å². The highest BCUT2D eigenvalue weighted by molar-refractivity contribution is 5.11. The first kappa shape index (κ1) is 15.1. The van der Waals surface area contributed by atoms with Gasteiger partial charge >= 0.3 is 0 Å². The quantitative estimate of drug-likeness (QED) is 0.751. The first-order valence-corrected chi connectivity index (χ1v) is 6.54. The molecule has 0 bridgehead atoms. The van der Waals surface area contributed by atoms with Crippen LogP contribution in [0.4, 0.5) is 0 Å². The molecule has 0 fully saturated rings. The average molecular weight is 250 g/mol. The van der Waals surface area contributed by atoms with E-state index in [0.717, 1.165) is 37.6 Å². The van der Waals surface area contributed by atoms with E-state index in [4.69, 9.17) is 0 Å². The van der Waals surface area contributed by atoms with Crippen LogP contribution in [0, 0.1) is 0 Å². The molecule has 18 heavy (non-hydrogen) atoms. The predicted octanol–water partition coefficient (Wildman–Crippen LogP) is 1.18. The normalized spacial score (nSPS) is 11.4. The third-order valence-corrected chi connectivity index (χ3v) is 2.80. The standard InChI is InChI=1S/C14H26N4/c1-15-11-13-7-5-8-14(16-13)12-18(4)10-6-9-17(2)3/h5,7-8,15H,6,9-12H2,1-4H3. The highest BCUT2D eigenvalue weighted by Crippen LogP contribution is 2.03. The molecule has 4 heteroatoms. The molecule has 1 heterocycles. The van der Waals surface area contributed by atoms with Crippen LogP contribution < -0.4 is 5.32 Å². The summed E-state index contributed by atoms with van der Waals surface area (Å²) < 4.78 is 0. The van der Waals surface area contributed by atoms with Gasteiger partial charge in [-0.15, -0.1) is 0 Å². The van der Waals surface area contributed by atoms with Crippen molar-refractivity contribution in [2.75, 3.05) is 41.3 Å². The first-order valence-electron chi connectivity index (χ1n) is 6.54. The van der Waals surface area contributed by atoms with Crippen molar-refractivity contribution in [1.82, 2.24) is 20.1 Å². The van der Waals surface area contributed by atoms with Crippen LogP contribution >= 0.6 is 0 Å². The summed E-state index contributed by atoms with van der Waals surface area (Å²) in [5, 5.41) is 3.13. The van der Waals surface area contributed by atoms with E-state index in [1.807, 2.05) is 7.05 Å². The minimum atomic E-state index is 0.832. The van der Waals surface area contributed by atoms with Crippen molar-refractivity contribution in [3.05, 3.63) is 29.6 Å². The summed E-state index contributed by atoms with van der Waals surface area (Å²) in [5.41, 5.74) is 2.26.